The monoisotopic (exact) mass is 352 g/mol. The van der Waals surface area contributed by atoms with E-state index >= 15 is 0 Å². The van der Waals surface area contributed by atoms with E-state index in [4.69, 9.17) is 5.73 Å². The van der Waals surface area contributed by atoms with Crippen molar-refractivity contribution in [3.8, 4) is 5.75 Å². The second kappa shape index (κ2) is 5.84. The summed E-state index contributed by atoms with van der Waals surface area (Å²) in [5, 5.41) is 11.3. The number of benzene rings is 3. The predicted octanol–water partition coefficient (Wildman–Crippen LogP) is 3.93. The Bertz CT molecular complexity index is 1180. The number of hydrogen-bond acceptors (Lipinski definition) is 2. The van der Waals surface area contributed by atoms with Crippen LogP contribution in [0.3, 0.4) is 0 Å². The Hall–Kier alpha value is -3.41. The zero-order valence-corrected chi connectivity index (χ0v) is 13.5. The minimum Gasteiger partial charge on any atom is -0.507 e. The maximum absolute atomic E-state index is 14.2. The van der Waals surface area contributed by atoms with Gasteiger partial charge in [-0.2, -0.15) is 0 Å². The highest BCUT2D eigenvalue weighted by Crippen LogP contribution is 2.37. The van der Waals surface area contributed by atoms with Gasteiger partial charge in [-0.25, -0.2) is 8.78 Å². The number of halogens is 2. The third-order valence-corrected chi connectivity index (χ3v) is 4.52. The van der Waals surface area contributed by atoms with Crippen molar-refractivity contribution in [3.63, 3.8) is 0 Å². The molecule has 4 nitrogen and oxygen atoms in total. The van der Waals surface area contributed by atoms with Crippen molar-refractivity contribution in [2.75, 3.05) is 0 Å². The molecule has 0 atom stereocenters. The van der Waals surface area contributed by atoms with E-state index in [2.05, 4.69) is 0 Å². The molecule has 26 heavy (non-hydrogen) atoms. The van der Waals surface area contributed by atoms with Crippen molar-refractivity contribution in [1.29, 1.82) is 0 Å². The van der Waals surface area contributed by atoms with Crippen LogP contribution in [0.1, 0.15) is 15.9 Å². The third-order valence-electron chi connectivity index (χ3n) is 4.52. The molecule has 0 fully saturated rings. The lowest BCUT2D eigenvalue weighted by atomic mass is 10.1. The number of nitrogens with two attached hydrogens (primary N) is 1. The molecule has 1 heterocycles. The molecule has 0 aliphatic heterocycles. The van der Waals surface area contributed by atoms with Crippen molar-refractivity contribution in [2.24, 2.45) is 5.73 Å². The fourth-order valence-corrected chi connectivity index (χ4v) is 3.38. The molecule has 0 aliphatic rings. The molecule has 0 bridgehead atoms. The highest BCUT2D eigenvalue weighted by molar-refractivity contribution is 6.19. The van der Waals surface area contributed by atoms with Crippen LogP contribution >= 0.6 is 0 Å². The summed E-state index contributed by atoms with van der Waals surface area (Å²) in [6, 6.07) is 13.9. The Kier molecular flexibility index (Phi) is 3.61. The Morgan fingerprint density at radius 3 is 2.35 bits per heavy atom. The number of phenolic OH excluding ortho intramolecular Hbond substituents is 1. The van der Waals surface area contributed by atoms with E-state index < -0.39 is 17.5 Å². The van der Waals surface area contributed by atoms with Gasteiger partial charge in [0.2, 0.25) is 5.91 Å². The number of fused-ring (bicyclic) bond motifs is 3. The van der Waals surface area contributed by atoms with Gasteiger partial charge in [-0.1, -0.05) is 24.3 Å². The van der Waals surface area contributed by atoms with Crippen molar-refractivity contribution in [1.82, 2.24) is 4.57 Å². The van der Waals surface area contributed by atoms with Gasteiger partial charge in [-0.3, -0.25) is 4.79 Å². The van der Waals surface area contributed by atoms with Crippen LogP contribution in [-0.4, -0.2) is 15.6 Å². The van der Waals surface area contributed by atoms with Crippen LogP contribution in [-0.2, 0) is 6.54 Å². The van der Waals surface area contributed by atoms with Gasteiger partial charge < -0.3 is 15.4 Å². The first kappa shape index (κ1) is 16.1. The van der Waals surface area contributed by atoms with Crippen LogP contribution in [0, 0.1) is 11.6 Å². The summed E-state index contributed by atoms with van der Waals surface area (Å²) >= 11 is 0. The smallest absolute Gasteiger partial charge is 0.249 e. The molecule has 0 saturated heterocycles. The summed E-state index contributed by atoms with van der Waals surface area (Å²) in [5.74, 6) is -2.49. The summed E-state index contributed by atoms with van der Waals surface area (Å²) in [6.07, 6.45) is 0. The minimum atomic E-state index is -0.927. The van der Waals surface area contributed by atoms with Crippen molar-refractivity contribution >= 4 is 27.7 Å². The van der Waals surface area contributed by atoms with Gasteiger partial charge in [0, 0.05) is 16.5 Å². The van der Waals surface area contributed by atoms with Crippen LogP contribution in [0.4, 0.5) is 8.78 Å². The average Bonchev–Trinajstić information content (AvgIpc) is 2.94. The van der Waals surface area contributed by atoms with Crippen molar-refractivity contribution < 1.29 is 18.7 Å². The third kappa shape index (κ3) is 2.30. The first-order chi connectivity index (χ1) is 12.5. The molecule has 130 valence electrons. The van der Waals surface area contributed by atoms with Gasteiger partial charge in [0.15, 0.2) is 11.6 Å². The Morgan fingerprint density at radius 2 is 1.62 bits per heavy atom. The number of aromatic hydroxyl groups is 1. The van der Waals surface area contributed by atoms with Gasteiger partial charge in [0.25, 0.3) is 0 Å². The molecule has 4 aromatic rings. The number of rotatable bonds is 3. The molecule has 3 aromatic carbocycles. The molecule has 4 rings (SSSR count). The maximum atomic E-state index is 14.2. The Morgan fingerprint density at radius 1 is 0.962 bits per heavy atom. The highest BCUT2D eigenvalue weighted by Gasteiger charge is 2.19. The first-order valence-corrected chi connectivity index (χ1v) is 7.94. The topological polar surface area (TPSA) is 68.2 Å². The zero-order valence-electron chi connectivity index (χ0n) is 13.5. The molecule has 6 heteroatoms. The van der Waals surface area contributed by atoms with Gasteiger partial charge in [0.05, 0.1) is 23.0 Å². The van der Waals surface area contributed by atoms with E-state index in [9.17, 15) is 18.7 Å². The van der Waals surface area contributed by atoms with Crippen molar-refractivity contribution in [2.45, 2.75) is 6.54 Å². The lowest BCUT2D eigenvalue weighted by molar-refractivity contribution is 0.100. The molecule has 0 radical (unpaired) electrons. The highest BCUT2D eigenvalue weighted by atomic mass is 19.2. The molecular formula is C20H14F2N2O2. The quantitative estimate of drug-likeness (QED) is 0.587. The summed E-state index contributed by atoms with van der Waals surface area (Å²) < 4.78 is 29.5. The van der Waals surface area contributed by atoms with Gasteiger partial charge in [-0.05, 0) is 30.3 Å². The molecule has 0 saturated carbocycles. The van der Waals surface area contributed by atoms with Crippen molar-refractivity contribution in [3.05, 3.63) is 77.4 Å². The van der Waals surface area contributed by atoms with E-state index in [-0.39, 0.29) is 23.4 Å². The molecule has 3 N–H and O–H groups in total. The molecule has 0 unspecified atom stereocenters. The number of phenols is 1. The largest absolute Gasteiger partial charge is 0.507 e. The summed E-state index contributed by atoms with van der Waals surface area (Å²) in [7, 11) is 0. The van der Waals surface area contributed by atoms with E-state index in [1.165, 1.54) is 18.2 Å². The number of hydrogen-bond donors (Lipinski definition) is 2. The molecule has 0 aliphatic carbocycles. The molecule has 0 spiro atoms. The Labute approximate surface area is 147 Å². The predicted molar refractivity (Wildman–Crippen MR) is 95.1 cm³/mol. The number of nitrogens with zero attached hydrogens (tertiary/aromatic N) is 1. The van der Waals surface area contributed by atoms with Gasteiger partial charge in [0.1, 0.15) is 5.75 Å². The van der Waals surface area contributed by atoms with Crippen LogP contribution in [0.25, 0.3) is 21.8 Å². The molecular weight excluding hydrogens is 338 g/mol. The number of aromatic nitrogens is 1. The summed E-state index contributed by atoms with van der Waals surface area (Å²) in [4.78, 5) is 11.9. The van der Waals surface area contributed by atoms with E-state index in [0.717, 1.165) is 6.07 Å². The van der Waals surface area contributed by atoms with Crippen LogP contribution < -0.4 is 5.73 Å². The number of amides is 1. The SMILES string of the molecule is NC(=O)c1cccc2c1c1c(O)cccc1n2Cc1cccc(F)c1F. The fraction of sp³-hybridized carbons (Fsp3) is 0.0500. The van der Waals surface area contributed by atoms with Crippen LogP contribution in [0.2, 0.25) is 0 Å². The van der Waals surface area contributed by atoms with E-state index in [1.54, 1.807) is 34.9 Å². The molecule has 1 aromatic heterocycles. The number of carbonyl (C=O) groups excluding carboxylic acids is 1. The van der Waals surface area contributed by atoms with Crippen LogP contribution in [0.15, 0.2) is 54.6 Å². The lowest BCUT2D eigenvalue weighted by Gasteiger charge is -2.09. The van der Waals surface area contributed by atoms with E-state index in [1.807, 2.05) is 0 Å². The van der Waals surface area contributed by atoms with Gasteiger partial charge in [-0.15, -0.1) is 0 Å². The second-order valence-electron chi connectivity index (χ2n) is 6.03. The lowest BCUT2D eigenvalue weighted by Crippen LogP contribution is -2.11. The van der Waals surface area contributed by atoms with Gasteiger partial charge >= 0.3 is 0 Å². The Balaban J connectivity index is 2.08. The van der Waals surface area contributed by atoms with E-state index in [0.29, 0.717) is 21.8 Å². The average molecular weight is 352 g/mol. The maximum Gasteiger partial charge on any atom is 0.249 e. The number of carbonyl (C=O) groups is 1. The summed E-state index contributed by atoms with van der Waals surface area (Å²) in [6.45, 7) is 0.0370. The first-order valence-electron chi connectivity index (χ1n) is 7.94. The summed E-state index contributed by atoms with van der Waals surface area (Å²) in [5.41, 5.74) is 7.10. The normalized spacial score (nSPS) is 11.3. The minimum absolute atomic E-state index is 0.0142. The standard InChI is InChI=1S/C20H14F2N2O2/c21-13-6-1-4-11(19(13)22)10-24-14-7-2-5-12(20(23)26)17(14)18-15(24)8-3-9-16(18)25/h1-9,25H,10H2,(H2,23,26). The number of primary amides is 1. The molecule has 1 amide bonds. The zero-order chi connectivity index (χ0) is 18.4. The second-order valence-corrected chi connectivity index (χ2v) is 6.03. The van der Waals surface area contributed by atoms with Crippen LogP contribution in [0.5, 0.6) is 5.75 Å². The fourth-order valence-electron chi connectivity index (χ4n) is 3.38.